The molecule has 0 N–H and O–H groups in total. The molecule has 29 heavy (non-hydrogen) atoms. The number of hydrogen-bond donors (Lipinski definition) is 0. The Balaban J connectivity index is 2.94. The van der Waals surface area contributed by atoms with Crippen LogP contribution in [0.5, 0.6) is 0 Å². The first-order valence-corrected chi connectivity index (χ1v) is 14.2. The van der Waals surface area contributed by atoms with E-state index in [0.717, 1.165) is 6.42 Å². The number of ether oxygens (including phenoxy) is 1. The van der Waals surface area contributed by atoms with Crippen molar-refractivity contribution >= 4 is 20.3 Å². The van der Waals surface area contributed by atoms with Crippen LogP contribution in [0.3, 0.4) is 0 Å². The maximum atomic E-state index is 13.1. The van der Waals surface area contributed by atoms with Crippen LogP contribution >= 0.6 is 0 Å². The largest absolute Gasteiger partial charge is 0.447 e. The third kappa shape index (κ3) is 6.30. The van der Waals surface area contributed by atoms with Gasteiger partial charge in [-0.25, -0.2) is 9.69 Å². The zero-order valence-electron chi connectivity index (χ0n) is 20.7. The van der Waals surface area contributed by atoms with Crippen molar-refractivity contribution in [2.45, 2.75) is 105 Å². The van der Waals surface area contributed by atoms with Crippen LogP contribution in [0.2, 0.25) is 18.1 Å². The zero-order chi connectivity index (χ0) is 22.7. The molecule has 0 saturated carbocycles. The molecule has 1 fully saturated rings. The lowest BCUT2D eigenvalue weighted by molar-refractivity contribution is -0.134. The summed E-state index contributed by atoms with van der Waals surface area (Å²) in [6.45, 7) is 24.3. The molecule has 2 amide bonds. The van der Waals surface area contributed by atoms with E-state index >= 15 is 0 Å². The predicted molar refractivity (Wildman–Crippen MR) is 121 cm³/mol. The van der Waals surface area contributed by atoms with Crippen LogP contribution in [0.25, 0.3) is 0 Å². The number of imide groups is 1. The first-order valence-electron chi connectivity index (χ1n) is 11.3. The Morgan fingerprint density at radius 2 is 1.72 bits per heavy atom. The number of carbonyl (C=O) groups excluding carboxylic acids is 2. The molecule has 0 aromatic carbocycles. The maximum absolute atomic E-state index is 13.1. The van der Waals surface area contributed by atoms with Crippen LogP contribution in [-0.2, 0) is 14.0 Å². The highest BCUT2D eigenvalue weighted by Gasteiger charge is 2.43. The molecule has 6 heteroatoms. The SMILES string of the molecule is CC[C@H](C)[C@@H](O[Si](C)(C)C(C)(C)C)[C@@H](C)C[C@H](C)C(=O)N1C(=O)OC[C@@H]1C(C)C. The average Bonchev–Trinajstić information content (AvgIpc) is 2.98. The van der Waals surface area contributed by atoms with Crippen molar-refractivity contribution in [3.8, 4) is 0 Å². The van der Waals surface area contributed by atoms with Crippen LogP contribution in [0.15, 0.2) is 0 Å². The quantitative estimate of drug-likeness (QED) is 0.418. The number of cyclic esters (lactones) is 1. The van der Waals surface area contributed by atoms with Gasteiger partial charge in [-0.2, -0.15) is 0 Å². The summed E-state index contributed by atoms with van der Waals surface area (Å²) in [6.07, 6.45) is 1.36. The van der Waals surface area contributed by atoms with Crippen molar-refractivity contribution in [2.24, 2.45) is 23.7 Å². The second-order valence-corrected chi connectivity index (χ2v) is 15.7. The summed E-state index contributed by atoms with van der Waals surface area (Å²) in [5.41, 5.74) is 0. The molecule has 1 aliphatic heterocycles. The van der Waals surface area contributed by atoms with Crippen LogP contribution in [0, 0.1) is 23.7 Å². The number of nitrogens with zero attached hydrogens (tertiary/aromatic N) is 1. The fourth-order valence-electron chi connectivity index (χ4n) is 3.75. The van der Waals surface area contributed by atoms with Gasteiger partial charge in [-0.1, -0.05) is 68.7 Å². The molecule has 1 saturated heterocycles. The van der Waals surface area contributed by atoms with E-state index in [1.54, 1.807) is 0 Å². The van der Waals surface area contributed by atoms with E-state index in [9.17, 15) is 9.59 Å². The first-order chi connectivity index (χ1) is 13.1. The van der Waals surface area contributed by atoms with Crippen molar-refractivity contribution in [3.63, 3.8) is 0 Å². The highest BCUT2D eigenvalue weighted by molar-refractivity contribution is 6.74. The third-order valence-electron chi connectivity index (χ3n) is 7.06. The highest BCUT2D eigenvalue weighted by atomic mass is 28.4. The first kappa shape index (κ1) is 26.2. The summed E-state index contributed by atoms with van der Waals surface area (Å²) >= 11 is 0. The summed E-state index contributed by atoms with van der Waals surface area (Å²) in [7, 11) is -1.92. The van der Waals surface area contributed by atoms with Gasteiger partial charge in [-0.05, 0) is 42.3 Å². The van der Waals surface area contributed by atoms with Gasteiger partial charge in [0.05, 0.1) is 12.1 Å². The molecule has 1 aliphatic rings. The van der Waals surface area contributed by atoms with E-state index < -0.39 is 14.4 Å². The van der Waals surface area contributed by atoms with Gasteiger partial charge in [-0.15, -0.1) is 0 Å². The minimum atomic E-state index is -1.92. The fourth-order valence-corrected chi connectivity index (χ4v) is 5.25. The van der Waals surface area contributed by atoms with E-state index in [4.69, 9.17) is 9.16 Å². The number of carbonyl (C=O) groups is 2. The molecular formula is C23H45NO4Si. The Hall–Kier alpha value is -0.883. The standard InChI is InChI=1S/C23H45NO4Si/c1-12-16(4)20(28-29(10,11)23(7,8)9)17(5)13-18(6)21(25)24-19(15(2)3)14-27-22(24)26/h15-20H,12-14H2,1-11H3/t16-,17-,18-,19+,20+/m0/s1. The number of hydrogen-bond acceptors (Lipinski definition) is 4. The van der Waals surface area contributed by atoms with Gasteiger partial charge in [0.25, 0.3) is 0 Å². The van der Waals surface area contributed by atoms with Gasteiger partial charge in [0.1, 0.15) is 6.61 Å². The molecule has 0 aliphatic carbocycles. The summed E-state index contributed by atoms with van der Waals surface area (Å²) < 4.78 is 12.0. The Morgan fingerprint density at radius 1 is 1.17 bits per heavy atom. The van der Waals surface area contributed by atoms with E-state index in [-0.39, 0.29) is 40.8 Å². The summed E-state index contributed by atoms with van der Waals surface area (Å²) in [5.74, 6) is 0.472. The minimum absolute atomic E-state index is 0.113. The van der Waals surface area contributed by atoms with Gasteiger partial charge in [-0.3, -0.25) is 4.79 Å². The minimum Gasteiger partial charge on any atom is -0.447 e. The van der Waals surface area contributed by atoms with Crippen molar-refractivity contribution in [1.82, 2.24) is 4.90 Å². The second-order valence-electron chi connectivity index (χ2n) is 10.9. The lowest BCUT2D eigenvalue weighted by Gasteiger charge is -2.43. The fraction of sp³-hybridized carbons (Fsp3) is 0.913. The third-order valence-corrected chi connectivity index (χ3v) is 11.5. The van der Waals surface area contributed by atoms with Crippen LogP contribution in [0.1, 0.15) is 75.2 Å². The summed E-state index contributed by atoms with van der Waals surface area (Å²) in [5, 5.41) is 0.143. The number of amides is 2. The number of rotatable bonds is 9. The van der Waals surface area contributed by atoms with Crippen molar-refractivity contribution in [3.05, 3.63) is 0 Å². The van der Waals surface area contributed by atoms with Gasteiger partial charge in [0, 0.05) is 5.92 Å². The molecule has 5 nitrogen and oxygen atoms in total. The van der Waals surface area contributed by atoms with E-state index in [1.807, 2.05) is 20.8 Å². The zero-order valence-corrected chi connectivity index (χ0v) is 21.7. The lowest BCUT2D eigenvalue weighted by atomic mass is 9.85. The molecule has 5 atom stereocenters. The Labute approximate surface area is 180 Å². The molecule has 1 rings (SSSR count). The summed E-state index contributed by atoms with van der Waals surface area (Å²) in [4.78, 5) is 26.6. The van der Waals surface area contributed by atoms with E-state index in [1.165, 1.54) is 4.90 Å². The second kappa shape index (κ2) is 9.95. The van der Waals surface area contributed by atoms with Crippen LogP contribution in [-0.4, -0.2) is 44.0 Å². The Kier molecular flexibility index (Phi) is 8.97. The molecule has 0 unspecified atom stereocenters. The lowest BCUT2D eigenvalue weighted by Crippen LogP contribution is -2.48. The summed E-state index contributed by atoms with van der Waals surface area (Å²) in [6, 6.07) is -0.165. The molecular weight excluding hydrogens is 382 g/mol. The van der Waals surface area contributed by atoms with Gasteiger partial charge < -0.3 is 9.16 Å². The van der Waals surface area contributed by atoms with E-state index in [2.05, 4.69) is 54.6 Å². The molecule has 0 radical (unpaired) electrons. The highest BCUT2D eigenvalue weighted by Crippen LogP contribution is 2.40. The maximum Gasteiger partial charge on any atom is 0.416 e. The molecule has 0 spiro atoms. The smallest absolute Gasteiger partial charge is 0.416 e. The molecule has 0 aromatic heterocycles. The predicted octanol–water partition coefficient (Wildman–Crippen LogP) is 6.09. The van der Waals surface area contributed by atoms with Crippen molar-refractivity contribution in [1.29, 1.82) is 0 Å². The van der Waals surface area contributed by atoms with E-state index in [0.29, 0.717) is 18.9 Å². The monoisotopic (exact) mass is 427 g/mol. The normalized spacial score (nSPS) is 22.4. The van der Waals surface area contributed by atoms with Gasteiger partial charge in [0.15, 0.2) is 8.32 Å². The van der Waals surface area contributed by atoms with Gasteiger partial charge >= 0.3 is 6.09 Å². The molecule has 170 valence electrons. The molecule has 0 aromatic rings. The molecule has 1 heterocycles. The van der Waals surface area contributed by atoms with Crippen LogP contribution < -0.4 is 0 Å². The van der Waals surface area contributed by atoms with Crippen LogP contribution in [0.4, 0.5) is 4.79 Å². The Morgan fingerprint density at radius 3 is 2.17 bits per heavy atom. The topological polar surface area (TPSA) is 55.8 Å². The molecule has 0 bridgehead atoms. The Bertz CT molecular complexity index is 570. The van der Waals surface area contributed by atoms with Crippen molar-refractivity contribution < 1.29 is 18.8 Å². The van der Waals surface area contributed by atoms with Gasteiger partial charge in [0.2, 0.25) is 5.91 Å². The average molecular weight is 428 g/mol. The van der Waals surface area contributed by atoms with Crippen molar-refractivity contribution in [2.75, 3.05) is 6.61 Å².